The van der Waals surface area contributed by atoms with Crippen molar-refractivity contribution in [1.82, 2.24) is 9.80 Å². The molecule has 1 saturated heterocycles. The second-order valence-corrected chi connectivity index (χ2v) is 7.51. The van der Waals surface area contributed by atoms with Gasteiger partial charge in [0.25, 0.3) is 0 Å². The first kappa shape index (κ1) is 17.7. The van der Waals surface area contributed by atoms with Crippen LogP contribution in [0, 0.1) is 11.7 Å². The van der Waals surface area contributed by atoms with E-state index in [1.54, 1.807) is 6.07 Å². The Hall–Kier alpha value is -1.13. The highest BCUT2D eigenvalue weighted by Gasteiger charge is 2.24. The molecule has 24 heavy (non-hydrogen) atoms. The van der Waals surface area contributed by atoms with Gasteiger partial charge in [-0.15, -0.1) is 0 Å². The molecule has 1 heterocycles. The molecule has 1 saturated carbocycles. The number of carbonyl (C=O) groups excluding carboxylic acids is 1. The summed E-state index contributed by atoms with van der Waals surface area (Å²) in [6.45, 7) is 3.98. The van der Waals surface area contributed by atoms with Crippen LogP contribution in [-0.4, -0.2) is 41.9 Å². The SMILES string of the molecule is O=C(CC1CCCCC1)N1CCN(Cc2ccc(F)cc2Cl)CC1. The minimum absolute atomic E-state index is 0.304. The first-order valence-electron chi connectivity index (χ1n) is 9.06. The first-order valence-corrected chi connectivity index (χ1v) is 9.43. The van der Waals surface area contributed by atoms with Crippen LogP contribution < -0.4 is 0 Å². The number of hydrogen-bond acceptors (Lipinski definition) is 2. The predicted octanol–water partition coefficient (Wildman–Crippen LogP) is 4.09. The van der Waals surface area contributed by atoms with Gasteiger partial charge in [0.15, 0.2) is 0 Å². The van der Waals surface area contributed by atoms with Crippen LogP contribution in [-0.2, 0) is 11.3 Å². The predicted molar refractivity (Wildman–Crippen MR) is 94.5 cm³/mol. The number of carbonyl (C=O) groups is 1. The molecule has 2 aliphatic rings. The number of hydrogen-bond donors (Lipinski definition) is 0. The van der Waals surface area contributed by atoms with Crippen molar-refractivity contribution in [1.29, 1.82) is 0 Å². The van der Waals surface area contributed by atoms with E-state index in [1.807, 2.05) is 4.90 Å². The maximum absolute atomic E-state index is 13.1. The molecular formula is C19H26ClFN2O. The number of nitrogens with zero attached hydrogens (tertiary/aromatic N) is 2. The molecule has 0 atom stereocenters. The highest BCUT2D eigenvalue weighted by atomic mass is 35.5. The Kier molecular flexibility index (Phi) is 6.12. The topological polar surface area (TPSA) is 23.6 Å². The molecule has 0 radical (unpaired) electrons. The summed E-state index contributed by atoms with van der Waals surface area (Å²) in [7, 11) is 0. The van der Waals surface area contributed by atoms with Gasteiger partial charge >= 0.3 is 0 Å². The van der Waals surface area contributed by atoms with Crippen LogP contribution in [0.5, 0.6) is 0 Å². The zero-order valence-electron chi connectivity index (χ0n) is 14.1. The highest BCUT2D eigenvalue weighted by Crippen LogP contribution is 2.27. The van der Waals surface area contributed by atoms with Crippen LogP contribution in [0.3, 0.4) is 0 Å². The Morgan fingerprint density at radius 1 is 1.12 bits per heavy atom. The molecular weight excluding hydrogens is 327 g/mol. The lowest BCUT2D eigenvalue weighted by molar-refractivity contribution is -0.134. The maximum Gasteiger partial charge on any atom is 0.222 e. The summed E-state index contributed by atoms with van der Waals surface area (Å²) in [4.78, 5) is 16.8. The van der Waals surface area contributed by atoms with E-state index in [0.29, 0.717) is 23.4 Å². The van der Waals surface area contributed by atoms with Crippen molar-refractivity contribution in [3.05, 3.63) is 34.6 Å². The number of rotatable bonds is 4. The van der Waals surface area contributed by atoms with Gasteiger partial charge in [-0.1, -0.05) is 36.9 Å². The molecule has 1 aromatic carbocycles. The van der Waals surface area contributed by atoms with Crippen molar-refractivity contribution < 1.29 is 9.18 Å². The van der Waals surface area contributed by atoms with Gasteiger partial charge in [0.1, 0.15) is 5.82 Å². The van der Waals surface area contributed by atoms with Crippen molar-refractivity contribution >= 4 is 17.5 Å². The Morgan fingerprint density at radius 2 is 1.83 bits per heavy atom. The van der Waals surface area contributed by atoms with Gasteiger partial charge in [-0.05, 0) is 36.5 Å². The normalized spacial score (nSPS) is 20.3. The van der Waals surface area contributed by atoms with E-state index < -0.39 is 0 Å². The van der Waals surface area contributed by atoms with Crippen LogP contribution in [0.25, 0.3) is 0 Å². The average Bonchev–Trinajstić information content (AvgIpc) is 2.59. The van der Waals surface area contributed by atoms with E-state index in [0.717, 1.165) is 38.2 Å². The van der Waals surface area contributed by atoms with Crippen molar-refractivity contribution in [2.45, 2.75) is 45.1 Å². The quantitative estimate of drug-likeness (QED) is 0.814. The van der Waals surface area contributed by atoms with Crippen LogP contribution >= 0.6 is 11.6 Å². The van der Waals surface area contributed by atoms with Crippen molar-refractivity contribution in [2.24, 2.45) is 5.92 Å². The van der Waals surface area contributed by atoms with Crippen LogP contribution in [0.15, 0.2) is 18.2 Å². The maximum atomic E-state index is 13.1. The number of benzene rings is 1. The molecule has 0 unspecified atom stereocenters. The van der Waals surface area contributed by atoms with E-state index in [4.69, 9.17) is 11.6 Å². The third-order valence-corrected chi connectivity index (χ3v) is 5.67. The number of amides is 1. The Labute approximate surface area is 148 Å². The lowest BCUT2D eigenvalue weighted by atomic mass is 9.86. The Balaban J connectivity index is 1.45. The largest absolute Gasteiger partial charge is 0.340 e. The van der Waals surface area contributed by atoms with Crippen LogP contribution in [0.4, 0.5) is 4.39 Å². The van der Waals surface area contributed by atoms with E-state index in [2.05, 4.69) is 4.90 Å². The fourth-order valence-corrected chi connectivity index (χ4v) is 4.04. The molecule has 5 heteroatoms. The zero-order chi connectivity index (χ0) is 16.9. The second-order valence-electron chi connectivity index (χ2n) is 7.10. The Bertz CT molecular complexity index is 566. The fraction of sp³-hybridized carbons (Fsp3) is 0.632. The van der Waals surface area contributed by atoms with Gasteiger partial charge in [0, 0.05) is 44.2 Å². The molecule has 132 valence electrons. The molecule has 1 aromatic rings. The molecule has 0 N–H and O–H groups in total. The van der Waals surface area contributed by atoms with Crippen LogP contribution in [0.1, 0.15) is 44.1 Å². The lowest BCUT2D eigenvalue weighted by Gasteiger charge is -2.36. The van der Waals surface area contributed by atoms with E-state index in [-0.39, 0.29) is 5.82 Å². The summed E-state index contributed by atoms with van der Waals surface area (Å²) in [6.07, 6.45) is 7.05. The summed E-state index contributed by atoms with van der Waals surface area (Å²) in [5.41, 5.74) is 0.944. The smallest absolute Gasteiger partial charge is 0.222 e. The van der Waals surface area contributed by atoms with Gasteiger partial charge in [0.2, 0.25) is 5.91 Å². The van der Waals surface area contributed by atoms with Gasteiger partial charge in [-0.3, -0.25) is 9.69 Å². The molecule has 3 rings (SSSR count). The summed E-state index contributed by atoms with van der Waals surface area (Å²) >= 11 is 6.11. The van der Waals surface area contributed by atoms with Gasteiger partial charge in [-0.25, -0.2) is 4.39 Å². The Morgan fingerprint density at radius 3 is 2.50 bits per heavy atom. The minimum atomic E-state index is -0.304. The summed E-state index contributed by atoms with van der Waals surface area (Å²) in [5.74, 6) is 0.616. The number of halogens is 2. The third kappa shape index (κ3) is 4.70. The molecule has 1 aliphatic carbocycles. The van der Waals surface area contributed by atoms with Crippen molar-refractivity contribution in [3.63, 3.8) is 0 Å². The monoisotopic (exact) mass is 352 g/mol. The molecule has 2 fully saturated rings. The van der Waals surface area contributed by atoms with Crippen LogP contribution in [0.2, 0.25) is 5.02 Å². The van der Waals surface area contributed by atoms with Gasteiger partial charge < -0.3 is 4.90 Å². The first-order chi connectivity index (χ1) is 11.6. The van der Waals surface area contributed by atoms with Crippen molar-refractivity contribution in [3.8, 4) is 0 Å². The minimum Gasteiger partial charge on any atom is -0.340 e. The molecule has 0 aromatic heterocycles. The summed E-state index contributed by atoms with van der Waals surface area (Å²) < 4.78 is 13.1. The summed E-state index contributed by atoms with van der Waals surface area (Å²) in [5, 5.41) is 0.478. The lowest BCUT2D eigenvalue weighted by Crippen LogP contribution is -2.48. The van der Waals surface area contributed by atoms with Crippen molar-refractivity contribution in [2.75, 3.05) is 26.2 Å². The van der Waals surface area contributed by atoms with Gasteiger partial charge in [-0.2, -0.15) is 0 Å². The average molecular weight is 353 g/mol. The fourth-order valence-electron chi connectivity index (χ4n) is 3.81. The molecule has 3 nitrogen and oxygen atoms in total. The van der Waals surface area contributed by atoms with Gasteiger partial charge in [0.05, 0.1) is 0 Å². The standard InChI is InChI=1S/C19H26ClFN2O/c20-18-13-17(21)7-6-16(18)14-22-8-10-23(11-9-22)19(24)12-15-4-2-1-3-5-15/h6-7,13,15H,1-5,8-12,14H2. The summed E-state index contributed by atoms with van der Waals surface area (Å²) in [6, 6.07) is 4.56. The van der Waals surface area contributed by atoms with E-state index >= 15 is 0 Å². The number of piperazine rings is 1. The van der Waals surface area contributed by atoms with E-state index in [9.17, 15) is 9.18 Å². The zero-order valence-corrected chi connectivity index (χ0v) is 14.9. The molecule has 0 bridgehead atoms. The second kappa shape index (κ2) is 8.30. The highest BCUT2D eigenvalue weighted by molar-refractivity contribution is 6.31. The van der Waals surface area contributed by atoms with E-state index in [1.165, 1.54) is 44.2 Å². The third-order valence-electron chi connectivity index (χ3n) is 5.32. The molecule has 1 aliphatic heterocycles. The molecule has 0 spiro atoms. The molecule has 1 amide bonds.